The number of aryl methyl sites for hydroxylation is 3. The quantitative estimate of drug-likeness (QED) is 0.383. The fourth-order valence-corrected chi connectivity index (χ4v) is 5.11. The summed E-state index contributed by atoms with van der Waals surface area (Å²) in [6, 6.07) is 9.26. The maximum Gasteiger partial charge on any atom is 0.267 e. The van der Waals surface area contributed by atoms with Crippen molar-refractivity contribution < 1.29 is 9.53 Å². The number of nitrogens with one attached hydrogen (secondary N) is 2. The Bertz CT molecular complexity index is 1490. The molecule has 10 heteroatoms. The van der Waals surface area contributed by atoms with Gasteiger partial charge in [0.25, 0.3) is 11.5 Å². The van der Waals surface area contributed by atoms with E-state index in [9.17, 15) is 9.59 Å². The molecule has 1 fully saturated rings. The smallest absolute Gasteiger partial charge is 0.267 e. The van der Waals surface area contributed by atoms with Gasteiger partial charge in [-0.3, -0.25) is 24.3 Å². The van der Waals surface area contributed by atoms with Crippen molar-refractivity contribution >= 4 is 33.9 Å². The molecule has 0 spiro atoms. The van der Waals surface area contributed by atoms with Crippen LogP contribution >= 0.6 is 11.3 Å². The van der Waals surface area contributed by atoms with E-state index in [2.05, 4.69) is 10.2 Å². The number of ether oxygens (including phenoxy) is 1. The number of aromatic nitrogens is 3. The van der Waals surface area contributed by atoms with E-state index in [4.69, 9.17) is 15.1 Å². The number of fused-ring (bicyclic) bond motifs is 2. The summed E-state index contributed by atoms with van der Waals surface area (Å²) in [6.45, 7) is 6.59. The van der Waals surface area contributed by atoms with Crippen LogP contribution in [0.15, 0.2) is 46.7 Å². The van der Waals surface area contributed by atoms with E-state index in [1.54, 1.807) is 28.2 Å². The van der Waals surface area contributed by atoms with Gasteiger partial charge >= 0.3 is 0 Å². The molecule has 5 heterocycles. The van der Waals surface area contributed by atoms with Gasteiger partial charge in [0.15, 0.2) is 0 Å². The Labute approximate surface area is 206 Å². The lowest BCUT2D eigenvalue weighted by atomic mass is 10.1. The summed E-state index contributed by atoms with van der Waals surface area (Å²) >= 11 is 1.64. The normalized spacial score (nSPS) is 14.5. The summed E-state index contributed by atoms with van der Waals surface area (Å²) in [5.74, 6) is -0.358. The molecule has 35 heavy (non-hydrogen) atoms. The molecule has 0 radical (unpaired) electrons. The molecule has 4 aromatic rings. The lowest BCUT2D eigenvalue weighted by molar-refractivity contribution is 0.0383. The topological polar surface area (TPSA) is 105 Å². The van der Waals surface area contributed by atoms with Crippen LogP contribution in [-0.4, -0.2) is 64.2 Å². The van der Waals surface area contributed by atoms with Crippen LogP contribution in [0.5, 0.6) is 0 Å². The number of nitrogens with zero attached hydrogens (tertiary/aromatic N) is 4. The van der Waals surface area contributed by atoms with Crippen molar-refractivity contribution in [3.63, 3.8) is 0 Å². The fraction of sp³-hybridized carbons (Fsp3) is 0.360. The zero-order chi connectivity index (χ0) is 24.4. The first-order chi connectivity index (χ1) is 17.0. The van der Waals surface area contributed by atoms with Crippen LogP contribution in [0.1, 0.15) is 20.8 Å². The summed E-state index contributed by atoms with van der Waals surface area (Å²) in [6.07, 6.45) is 2.37. The second-order valence-electron chi connectivity index (χ2n) is 8.64. The number of hydrogen-bond donors (Lipinski definition) is 2. The Morgan fingerprint density at radius 3 is 2.80 bits per heavy atom. The number of thiophene rings is 1. The largest absolute Gasteiger partial charge is 0.379 e. The Morgan fingerprint density at radius 2 is 2.03 bits per heavy atom. The molecule has 1 saturated heterocycles. The highest BCUT2D eigenvalue weighted by Gasteiger charge is 2.18. The highest BCUT2D eigenvalue weighted by Crippen LogP contribution is 2.15. The number of rotatable bonds is 7. The van der Waals surface area contributed by atoms with Crippen molar-refractivity contribution in [2.24, 2.45) is 0 Å². The van der Waals surface area contributed by atoms with E-state index in [0.717, 1.165) is 18.7 Å². The summed E-state index contributed by atoms with van der Waals surface area (Å²) in [5.41, 5.74) is 1.83. The van der Waals surface area contributed by atoms with Gasteiger partial charge in [-0.25, -0.2) is 4.98 Å². The van der Waals surface area contributed by atoms with Gasteiger partial charge in [-0.1, -0.05) is 12.1 Å². The van der Waals surface area contributed by atoms with Crippen molar-refractivity contribution in [2.45, 2.75) is 19.9 Å². The van der Waals surface area contributed by atoms with Gasteiger partial charge in [0.05, 0.1) is 24.2 Å². The molecule has 0 atom stereocenters. The van der Waals surface area contributed by atoms with E-state index in [-0.39, 0.29) is 22.5 Å². The first-order valence-corrected chi connectivity index (χ1v) is 12.6. The van der Waals surface area contributed by atoms with Gasteiger partial charge in [-0.05, 0) is 42.5 Å². The van der Waals surface area contributed by atoms with Crippen molar-refractivity contribution in [2.75, 3.05) is 39.4 Å². The molecule has 0 bridgehead atoms. The summed E-state index contributed by atoms with van der Waals surface area (Å²) < 4.78 is 8.57. The van der Waals surface area contributed by atoms with Gasteiger partial charge in [0.1, 0.15) is 16.8 Å². The lowest BCUT2D eigenvalue weighted by Crippen LogP contribution is -2.42. The molecular formula is C25H28N6O3S. The first kappa shape index (κ1) is 23.4. The molecule has 1 aliphatic rings. The van der Waals surface area contributed by atoms with Gasteiger partial charge in [-0.2, -0.15) is 0 Å². The molecule has 0 aliphatic carbocycles. The van der Waals surface area contributed by atoms with E-state index in [0.29, 0.717) is 55.9 Å². The SMILES string of the molecule is Cc1cccn2c(=O)c3cc(C(=O)NCCN4CCOCC4)c(=N)n(CCc4cccs4)c3nc12. The molecule has 5 rings (SSSR count). The molecule has 1 aliphatic heterocycles. The highest BCUT2D eigenvalue weighted by atomic mass is 32.1. The van der Waals surface area contributed by atoms with E-state index in [1.165, 1.54) is 15.3 Å². The number of carbonyl (C=O) groups excluding carboxylic acids is 1. The third-order valence-corrected chi connectivity index (χ3v) is 7.29. The van der Waals surface area contributed by atoms with Crippen LogP contribution in [0, 0.1) is 12.3 Å². The van der Waals surface area contributed by atoms with Crippen molar-refractivity contribution in [3.8, 4) is 0 Å². The summed E-state index contributed by atoms with van der Waals surface area (Å²) in [7, 11) is 0. The number of morpholine rings is 1. The molecule has 0 aromatic carbocycles. The fourth-order valence-electron chi connectivity index (χ4n) is 4.41. The average molecular weight is 493 g/mol. The molecular weight excluding hydrogens is 464 g/mol. The molecule has 0 unspecified atom stereocenters. The highest BCUT2D eigenvalue weighted by molar-refractivity contribution is 7.09. The minimum atomic E-state index is -0.358. The number of pyridine rings is 2. The molecule has 0 saturated carbocycles. The third-order valence-electron chi connectivity index (χ3n) is 6.36. The number of carbonyl (C=O) groups is 1. The van der Waals surface area contributed by atoms with Crippen LogP contribution in [0.25, 0.3) is 16.7 Å². The molecule has 182 valence electrons. The van der Waals surface area contributed by atoms with E-state index >= 15 is 0 Å². The minimum Gasteiger partial charge on any atom is -0.379 e. The number of hydrogen-bond acceptors (Lipinski definition) is 7. The van der Waals surface area contributed by atoms with Crippen LogP contribution in [0.2, 0.25) is 0 Å². The van der Waals surface area contributed by atoms with Gasteiger partial charge < -0.3 is 14.6 Å². The Morgan fingerprint density at radius 1 is 1.20 bits per heavy atom. The Hall–Kier alpha value is -3.34. The zero-order valence-corrected chi connectivity index (χ0v) is 20.4. The predicted molar refractivity (Wildman–Crippen MR) is 135 cm³/mol. The summed E-state index contributed by atoms with van der Waals surface area (Å²) in [4.78, 5) is 34.8. The van der Waals surface area contributed by atoms with Crippen LogP contribution < -0.4 is 16.4 Å². The molecule has 9 nitrogen and oxygen atoms in total. The Balaban J connectivity index is 1.54. The van der Waals surface area contributed by atoms with Crippen LogP contribution in [-0.2, 0) is 17.7 Å². The van der Waals surface area contributed by atoms with Crippen LogP contribution in [0.3, 0.4) is 0 Å². The van der Waals surface area contributed by atoms with Crippen LogP contribution in [0.4, 0.5) is 0 Å². The maximum atomic E-state index is 13.4. The van der Waals surface area contributed by atoms with E-state index < -0.39 is 0 Å². The van der Waals surface area contributed by atoms with E-state index in [1.807, 2.05) is 30.5 Å². The molecule has 2 N–H and O–H groups in total. The number of amides is 1. The summed E-state index contributed by atoms with van der Waals surface area (Å²) in [5, 5.41) is 14.2. The first-order valence-electron chi connectivity index (χ1n) is 11.7. The van der Waals surface area contributed by atoms with Crippen molar-refractivity contribution in [1.29, 1.82) is 5.41 Å². The van der Waals surface area contributed by atoms with Gasteiger partial charge in [0.2, 0.25) is 0 Å². The second kappa shape index (κ2) is 10.1. The minimum absolute atomic E-state index is 0.0581. The predicted octanol–water partition coefficient (Wildman–Crippen LogP) is 1.80. The molecule has 4 aromatic heterocycles. The monoisotopic (exact) mass is 492 g/mol. The molecule has 1 amide bonds. The standard InChI is InChI=1S/C25H28N6O3S/c1-17-4-2-8-31-22(17)28-23-20(25(31)33)16-19(21(26)30(23)9-6-18-5-3-15-35-18)24(32)27-7-10-29-11-13-34-14-12-29/h2-5,8,15-16,26H,6-7,9-14H2,1H3,(H,27,32). The zero-order valence-electron chi connectivity index (χ0n) is 19.6. The average Bonchev–Trinajstić information content (AvgIpc) is 3.38. The Kier molecular flexibility index (Phi) is 6.76. The van der Waals surface area contributed by atoms with Gasteiger partial charge in [0, 0.05) is 43.8 Å². The van der Waals surface area contributed by atoms with Gasteiger partial charge in [-0.15, -0.1) is 11.3 Å². The third kappa shape index (κ3) is 4.77. The van der Waals surface area contributed by atoms with Crippen molar-refractivity contribution in [1.82, 2.24) is 24.2 Å². The van der Waals surface area contributed by atoms with Crippen molar-refractivity contribution in [3.05, 3.63) is 73.8 Å². The maximum absolute atomic E-state index is 13.4. The second-order valence-corrected chi connectivity index (χ2v) is 9.67. The lowest BCUT2D eigenvalue weighted by Gasteiger charge is -2.26.